The SMILES string of the molecule is CCc1ccc(CN(Cc2cccnc2)C(=O)C(C)NC(=O)c2cccs2)cc1. The summed E-state index contributed by atoms with van der Waals surface area (Å²) in [6.07, 6.45) is 4.45. The largest absolute Gasteiger partial charge is 0.340 e. The van der Waals surface area contributed by atoms with Crippen molar-refractivity contribution in [3.05, 3.63) is 87.9 Å². The quantitative estimate of drug-likeness (QED) is 0.613. The zero-order chi connectivity index (χ0) is 20.6. The van der Waals surface area contributed by atoms with Crippen LogP contribution in [0.15, 0.2) is 66.3 Å². The maximum atomic E-state index is 13.2. The van der Waals surface area contributed by atoms with Crippen LogP contribution in [0.4, 0.5) is 0 Å². The Balaban J connectivity index is 1.74. The topological polar surface area (TPSA) is 62.3 Å². The molecular weight excluding hydrogens is 382 g/mol. The fourth-order valence-corrected chi connectivity index (χ4v) is 3.66. The van der Waals surface area contributed by atoms with Gasteiger partial charge < -0.3 is 10.2 Å². The van der Waals surface area contributed by atoms with Gasteiger partial charge in [-0.15, -0.1) is 11.3 Å². The third-order valence-electron chi connectivity index (χ3n) is 4.68. The Bertz CT molecular complexity index is 925. The van der Waals surface area contributed by atoms with E-state index >= 15 is 0 Å². The molecule has 2 amide bonds. The zero-order valence-electron chi connectivity index (χ0n) is 16.7. The number of thiophene rings is 1. The molecule has 0 bridgehead atoms. The number of carbonyl (C=O) groups is 2. The lowest BCUT2D eigenvalue weighted by Gasteiger charge is -2.26. The van der Waals surface area contributed by atoms with Crippen molar-refractivity contribution < 1.29 is 9.59 Å². The molecule has 0 radical (unpaired) electrons. The summed E-state index contributed by atoms with van der Waals surface area (Å²) in [6.45, 7) is 4.74. The van der Waals surface area contributed by atoms with Crippen molar-refractivity contribution in [2.75, 3.05) is 0 Å². The molecule has 0 aliphatic carbocycles. The molecule has 1 atom stereocenters. The molecule has 6 heteroatoms. The Labute approximate surface area is 175 Å². The van der Waals surface area contributed by atoms with Crippen molar-refractivity contribution >= 4 is 23.2 Å². The van der Waals surface area contributed by atoms with E-state index in [4.69, 9.17) is 0 Å². The van der Waals surface area contributed by atoms with Crippen molar-refractivity contribution in [2.45, 2.75) is 39.4 Å². The van der Waals surface area contributed by atoms with Crippen LogP contribution in [0.2, 0.25) is 0 Å². The Morgan fingerprint density at radius 1 is 1.03 bits per heavy atom. The van der Waals surface area contributed by atoms with E-state index in [0.29, 0.717) is 18.0 Å². The molecule has 1 N–H and O–H groups in total. The van der Waals surface area contributed by atoms with E-state index in [1.807, 2.05) is 23.6 Å². The molecule has 0 saturated carbocycles. The van der Waals surface area contributed by atoms with Gasteiger partial charge in [0.1, 0.15) is 6.04 Å². The fraction of sp³-hybridized carbons (Fsp3) is 0.261. The smallest absolute Gasteiger partial charge is 0.261 e. The summed E-state index contributed by atoms with van der Waals surface area (Å²) in [5.74, 6) is -0.354. The van der Waals surface area contributed by atoms with Crippen molar-refractivity contribution in [3.63, 3.8) is 0 Å². The number of pyridine rings is 1. The van der Waals surface area contributed by atoms with Gasteiger partial charge >= 0.3 is 0 Å². The normalized spacial score (nSPS) is 11.7. The monoisotopic (exact) mass is 407 g/mol. The summed E-state index contributed by atoms with van der Waals surface area (Å²) in [6, 6.07) is 15.0. The molecule has 0 aliphatic heterocycles. The molecule has 3 aromatic rings. The number of amides is 2. The molecule has 0 spiro atoms. The molecule has 1 unspecified atom stereocenters. The lowest BCUT2D eigenvalue weighted by molar-refractivity contribution is -0.134. The molecule has 1 aromatic carbocycles. The first-order valence-corrected chi connectivity index (χ1v) is 10.5. The van der Waals surface area contributed by atoms with Gasteiger partial charge in [-0.2, -0.15) is 0 Å². The second-order valence-electron chi connectivity index (χ2n) is 6.90. The molecule has 0 aliphatic rings. The Morgan fingerprint density at radius 3 is 2.38 bits per heavy atom. The Kier molecular flexibility index (Phi) is 7.14. The number of rotatable bonds is 8. The van der Waals surface area contributed by atoms with Crippen LogP contribution in [-0.4, -0.2) is 27.7 Å². The summed E-state index contributed by atoms with van der Waals surface area (Å²) < 4.78 is 0. The third kappa shape index (κ3) is 5.74. The average molecular weight is 408 g/mol. The standard InChI is InChI=1S/C23H25N3O2S/c1-3-18-8-10-19(11-9-18)15-26(16-20-6-4-12-24-14-20)23(28)17(2)25-22(27)21-7-5-13-29-21/h4-14,17H,3,15-16H2,1-2H3,(H,25,27). The minimum absolute atomic E-state index is 0.127. The van der Waals surface area contributed by atoms with Gasteiger partial charge in [0.2, 0.25) is 5.91 Å². The number of nitrogens with zero attached hydrogens (tertiary/aromatic N) is 2. The second kappa shape index (κ2) is 9.98. The third-order valence-corrected chi connectivity index (χ3v) is 5.54. The van der Waals surface area contributed by atoms with Gasteiger partial charge in [-0.1, -0.05) is 43.3 Å². The van der Waals surface area contributed by atoms with Gasteiger partial charge in [0.05, 0.1) is 4.88 Å². The van der Waals surface area contributed by atoms with Crippen LogP contribution in [0.25, 0.3) is 0 Å². The van der Waals surface area contributed by atoms with Crippen molar-refractivity contribution in [3.8, 4) is 0 Å². The predicted octanol–water partition coefficient (Wildman–Crippen LogP) is 4.05. The molecule has 2 heterocycles. The minimum atomic E-state index is -0.629. The van der Waals surface area contributed by atoms with Crippen LogP contribution >= 0.6 is 11.3 Å². The highest BCUT2D eigenvalue weighted by atomic mass is 32.1. The molecule has 29 heavy (non-hydrogen) atoms. The highest BCUT2D eigenvalue weighted by molar-refractivity contribution is 7.12. The lowest BCUT2D eigenvalue weighted by atomic mass is 10.1. The number of hydrogen-bond donors (Lipinski definition) is 1. The van der Waals surface area contributed by atoms with Crippen LogP contribution in [0.3, 0.4) is 0 Å². The Hall–Kier alpha value is -2.99. The van der Waals surface area contributed by atoms with Crippen molar-refractivity contribution in [2.24, 2.45) is 0 Å². The van der Waals surface area contributed by atoms with Crippen LogP contribution in [-0.2, 0) is 24.3 Å². The highest BCUT2D eigenvalue weighted by Crippen LogP contribution is 2.14. The first-order valence-electron chi connectivity index (χ1n) is 9.66. The second-order valence-corrected chi connectivity index (χ2v) is 7.85. The predicted molar refractivity (Wildman–Crippen MR) is 116 cm³/mol. The fourth-order valence-electron chi connectivity index (χ4n) is 3.04. The maximum absolute atomic E-state index is 13.2. The van der Waals surface area contributed by atoms with Gasteiger partial charge in [-0.05, 0) is 47.5 Å². The van der Waals surface area contributed by atoms with E-state index in [1.165, 1.54) is 16.9 Å². The first kappa shape index (κ1) is 20.7. The molecular formula is C23H25N3O2S. The zero-order valence-corrected chi connectivity index (χ0v) is 17.5. The number of aromatic nitrogens is 1. The number of aryl methyl sites for hydroxylation is 1. The van der Waals surface area contributed by atoms with Gasteiger partial charge in [0.25, 0.3) is 5.91 Å². The van der Waals surface area contributed by atoms with Gasteiger partial charge in [0, 0.05) is 25.5 Å². The average Bonchev–Trinajstić information content (AvgIpc) is 3.29. The summed E-state index contributed by atoms with van der Waals surface area (Å²) in [5.41, 5.74) is 3.26. The molecule has 0 saturated heterocycles. The molecule has 5 nitrogen and oxygen atoms in total. The van der Waals surface area contributed by atoms with Crippen LogP contribution in [0.5, 0.6) is 0 Å². The number of benzene rings is 1. The highest BCUT2D eigenvalue weighted by Gasteiger charge is 2.23. The summed E-state index contributed by atoms with van der Waals surface area (Å²) in [4.78, 5) is 32.0. The van der Waals surface area contributed by atoms with Crippen LogP contribution in [0.1, 0.15) is 40.2 Å². The molecule has 150 valence electrons. The summed E-state index contributed by atoms with van der Waals surface area (Å²) >= 11 is 1.36. The Morgan fingerprint density at radius 2 is 1.76 bits per heavy atom. The number of hydrogen-bond acceptors (Lipinski definition) is 4. The van der Waals surface area contributed by atoms with Crippen molar-refractivity contribution in [1.82, 2.24) is 15.2 Å². The van der Waals surface area contributed by atoms with Crippen LogP contribution in [0, 0.1) is 0 Å². The summed E-state index contributed by atoms with van der Waals surface area (Å²) in [5, 5.41) is 4.66. The molecule has 0 fully saturated rings. The van der Waals surface area contributed by atoms with Crippen LogP contribution < -0.4 is 5.32 Å². The molecule has 2 aromatic heterocycles. The van der Waals surface area contributed by atoms with E-state index in [-0.39, 0.29) is 11.8 Å². The first-order chi connectivity index (χ1) is 14.1. The molecule has 3 rings (SSSR count). The van der Waals surface area contributed by atoms with Crippen molar-refractivity contribution in [1.29, 1.82) is 0 Å². The number of nitrogens with one attached hydrogen (secondary N) is 1. The minimum Gasteiger partial charge on any atom is -0.340 e. The van der Waals surface area contributed by atoms with Gasteiger partial charge in [0.15, 0.2) is 0 Å². The maximum Gasteiger partial charge on any atom is 0.261 e. The van der Waals surface area contributed by atoms with Gasteiger partial charge in [-0.25, -0.2) is 0 Å². The van der Waals surface area contributed by atoms with E-state index in [0.717, 1.165) is 17.5 Å². The summed E-state index contributed by atoms with van der Waals surface area (Å²) in [7, 11) is 0. The van der Waals surface area contributed by atoms with E-state index in [9.17, 15) is 9.59 Å². The van der Waals surface area contributed by atoms with E-state index in [1.54, 1.807) is 30.3 Å². The lowest BCUT2D eigenvalue weighted by Crippen LogP contribution is -2.46. The van der Waals surface area contributed by atoms with E-state index < -0.39 is 6.04 Å². The van der Waals surface area contributed by atoms with E-state index in [2.05, 4.69) is 41.5 Å². The van der Waals surface area contributed by atoms with Gasteiger partial charge in [-0.3, -0.25) is 14.6 Å². The number of carbonyl (C=O) groups excluding carboxylic acids is 2.